The number of rotatable bonds is 0. The fraction of sp³-hybridized carbons (Fsp3) is 0.200. The maximum absolute atomic E-state index is 11.5. The molecular weight excluding hydrogens is 230 g/mol. The third-order valence-electron chi connectivity index (χ3n) is 2.26. The molecule has 1 aliphatic carbocycles. The van der Waals surface area contributed by atoms with Crippen molar-refractivity contribution in [2.24, 2.45) is 5.92 Å². The van der Waals surface area contributed by atoms with Crippen molar-refractivity contribution in [3.05, 3.63) is 33.8 Å². The number of halogens is 1. The second-order valence-electron chi connectivity index (χ2n) is 3.02. The minimum atomic E-state index is -0.478. The minimum absolute atomic E-state index is 0.0428. The van der Waals surface area contributed by atoms with Gasteiger partial charge in [0, 0.05) is 10.0 Å². The van der Waals surface area contributed by atoms with Gasteiger partial charge in [0.1, 0.15) is 5.92 Å². The standard InChI is InChI=1S/C10H6BrNO/c11-9-3-1-2-7-8(9)4-6(5-12)10(7)13/h1-3,6H,4H2. The van der Waals surface area contributed by atoms with Crippen molar-refractivity contribution >= 4 is 21.7 Å². The van der Waals surface area contributed by atoms with Gasteiger partial charge in [-0.15, -0.1) is 0 Å². The Morgan fingerprint density at radius 3 is 2.92 bits per heavy atom. The van der Waals surface area contributed by atoms with Gasteiger partial charge in [-0.25, -0.2) is 0 Å². The molecule has 1 aromatic rings. The van der Waals surface area contributed by atoms with E-state index in [-0.39, 0.29) is 5.78 Å². The number of benzene rings is 1. The van der Waals surface area contributed by atoms with Crippen molar-refractivity contribution in [2.45, 2.75) is 6.42 Å². The summed E-state index contributed by atoms with van der Waals surface area (Å²) in [6, 6.07) is 7.51. The molecule has 0 heterocycles. The Labute approximate surface area is 84.3 Å². The summed E-state index contributed by atoms with van der Waals surface area (Å²) in [7, 11) is 0. The quantitative estimate of drug-likeness (QED) is 0.693. The largest absolute Gasteiger partial charge is 0.293 e. The zero-order valence-electron chi connectivity index (χ0n) is 6.75. The lowest BCUT2D eigenvalue weighted by Crippen LogP contribution is -2.05. The van der Waals surface area contributed by atoms with E-state index in [0.717, 1.165) is 10.0 Å². The molecule has 0 bridgehead atoms. The van der Waals surface area contributed by atoms with E-state index in [0.29, 0.717) is 12.0 Å². The van der Waals surface area contributed by atoms with Crippen LogP contribution < -0.4 is 0 Å². The maximum Gasteiger partial charge on any atom is 0.180 e. The molecule has 0 saturated carbocycles. The lowest BCUT2D eigenvalue weighted by Gasteiger charge is -1.97. The Morgan fingerprint density at radius 2 is 2.31 bits per heavy atom. The van der Waals surface area contributed by atoms with Crippen LogP contribution in [0.25, 0.3) is 0 Å². The molecule has 1 atom stereocenters. The summed E-state index contributed by atoms with van der Waals surface area (Å²) in [6.45, 7) is 0. The van der Waals surface area contributed by atoms with Crippen molar-refractivity contribution in [1.29, 1.82) is 5.26 Å². The molecule has 0 fully saturated rings. The zero-order valence-corrected chi connectivity index (χ0v) is 8.34. The third kappa shape index (κ3) is 1.18. The second kappa shape index (κ2) is 2.97. The molecular formula is C10H6BrNO. The maximum atomic E-state index is 11.5. The van der Waals surface area contributed by atoms with E-state index in [2.05, 4.69) is 15.9 Å². The van der Waals surface area contributed by atoms with Gasteiger partial charge in [0.15, 0.2) is 5.78 Å². The molecule has 64 valence electrons. The Hall–Kier alpha value is -1.14. The van der Waals surface area contributed by atoms with Crippen LogP contribution in [0.5, 0.6) is 0 Å². The van der Waals surface area contributed by atoms with Crippen LogP contribution in [0.3, 0.4) is 0 Å². The van der Waals surface area contributed by atoms with Gasteiger partial charge in [0.2, 0.25) is 0 Å². The average molecular weight is 236 g/mol. The average Bonchev–Trinajstić information content (AvgIpc) is 2.45. The monoisotopic (exact) mass is 235 g/mol. The topological polar surface area (TPSA) is 40.9 Å². The number of carbonyl (C=O) groups excluding carboxylic acids is 1. The number of nitriles is 1. The predicted octanol–water partition coefficient (Wildman–Crippen LogP) is 2.33. The summed E-state index contributed by atoms with van der Waals surface area (Å²) in [4.78, 5) is 11.5. The SMILES string of the molecule is N#CC1Cc2c(Br)cccc2C1=O. The molecule has 1 unspecified atom stereocenters. The lowest BCUT2D eigenvalue weighted by molar-refractivity contribution is 0.0963. The van der Waals surface area contributed by atoms with Crippen molar-refractivity contribution in [3.8, 4) is 6.07 Å². The summed E-state index contributed by atoms with van der Waals surface area (Å²) >= 11 is 3.37. The van der Waals surface area contributed by atoms with Gasteiger partial charge < -0.3 is 0 Å². The Kier molecular flexibility index (Phi) is 1.93. The smallest absolute Gasteiger partial charge is 0.180 e. The minimum Gasteiger partial charge on any atom is -0.293 e. The first-order chi connectivity index (χ1) is 6.24. The number of hydrogen-bond donors (Lipinski definition) is 0. The van der Waals surface area contributed by atoms with Crippen LogP contribution in [0.15, 0.2) is 22.7 Å². The predicted molar refractivity (Wildman–Crippen MR) is 51.3 cm³/mol. The van der Waals surface area contributed by atoms with Crippen LogP contribution in [-0.2, 0) is 6.42 Å². The first kappa shape index (κ1) is 8.46. The molecule has 13 heavy (non-hydrogen) atoms. The number of Topliss-reactive ketones (excluding diaryl/α,β-unsaturated/α-hetero) is 1. The molecule has 0 saturated heterocycles. The first-order valence-corrected chi connectivity index (χ1v) is 4.74. The molecule has 2 rings (SSSR count). The molecule has 1 aromatic carbocycles. The summed E-state index contributed by atoms with van der Waals surface area (Å²) < 4.78 is 0.927. The molecule has 2 nitrogen and oxygen atoms in total. The van der Waals surface area contributed by atoms with Crippen molar-refractivity contribution in [3.63, 3.8) is 0 Å². The zero-order chi connectivity index (χ0) is 9.42. The molecule has 0 aromatic heterocycles. The van der Waals surface area contributed by atoms with Gasteiger partial charge in [-0.3, -0.25) is 4.79 Å². The first-order valence-electron chi connectivity index (χ1n) is 3.95. The van der Waals surface area contributed by atoms with E-state index < -0.39 is 5.92 Å². The highest BCUT2D eigenvalue weighted by Crippen LogP contribution is 2.31. The van der Waals surface area contributed by atoms with E-state index >= 15 is 0 Å². The number of hydrogen-bond acceptors (Lipinski definition) is 2. The third-order valence-corrected chi connectivity index (χ3v) is 3.01. The number of ketones is 1. The van der Waals surface area contributed by atoms with E-state index in [1.807, 2.05) is 18.2 Å². The van der Waals surface area contributed by atoms with Gasteiger partial charge in [0.05, 0.1) is 6.07 Å². The van der Waals surface area contributed by atoms with E-state index in [1.165, 1.54) is 0 Å². The summed E-state index contributed by atoms with van der Waals surface area (Å²) in [5.41, 5.74) is 1.67. The van der Waals surface area contributed by atoms with Crippen LogP contribution in [0.2, 0.25) is 0 Å². The van der Waals surface area contributed by atoms with Gasteiger partial charge in [-0.05, 0) is 18.1 Å². The summed E-state index contributed by atoms with van der Waals surface area (Å²) in [5, 5.41) is 8.71. The van der Waals surface area contributed by atoms with E-state index in [9.17, 15) is 4.79 Å². The van der Waals surface area contributed by atoms with Crippen LogP contribution in [0, 0.1) is 17.2 Å². The highest BCUT2D eigenvalue weighted by Gasteiger charge is 2.31. The number of carbonyl (C=O) groups is 1. The Bertz CT molecular complexity index is 419. The molecule has 3 heteroatoms. The molecule has 1 aliphatic rings. The van der Waals surface area contributed by atoms with Gasteiger partial charge in [-0.2, -0.15) is 5.26 Å². The normalized spacial score (nSPS) is 19.7. The highest BCUT2D eigenvalue weighted by atomic mass is 79.9. The van der Waals surface area contributed by atoms with Crippen LogP contribution in [-0.4, -0.2) is 5.78 Å². The van der Waals surface area contributed by atoms with Crippen LogP contribution >= 0.6 is 15.9 Å². The van der Waals surface area contributed by atoms with Crippen molar-refractivity contribution in [2.75, 3.05) is 0 Å². The molecule has 0 N–H and O–H groups in total. The van der Waals surface area contributed by atoms with E-state index in [1.54, 1.807) is 6.07 Å². The van der Waals surface area contributed by atoms with Crippen LogP contribution in [0.4, 0.5) is 0 Å². The second-order valence-corrected chi connectivity index (χ2v) is 3.87. The van der Waals surface area contributed by atoms with Crippen molar-refractivity contribution in [1.82, 2.24) is 0 Å². The molecule has 0 aliphatic heterocycles. The van der Waals surface area contributed by atoms with E-state index in [4.69, 9.17) is 5.26 Å². The Balaban J connectivity index is 2.57. The summed E-state index contributed by atoms with van der Waals surface area (Å²) in [5.74, 6) is -0.521. The molecule has 0 amide bonds. The fourth-order valence-corrected chi connectivity index (χ4v) is 2.11. The van der Waals surface area contributed by atoms with Gasteiger partial charge >= 0.3 is 0 Å². The van der Waals surface area contributed by atoms with Crippen molar-refractivity contribution < 1.29 is 4.79 Å². The van der Waals surface area contributed by atoms with Crippen LogP contribution in [0.1, 0.15) is 15.9 Å². The highest BCUT2D eigenvalue weighted by molar-refractivity contribution is 9.10. The number of fused-ring (bicyclic) bond motifs is 1. The molecule has 0 radical (unpaired) electrons. The Morgan fingerprint density at radius 1 is 1.54 bits per heavy atom. The fourth-order valence-electron chi connectivity index (χ4n) is 1.59. The molecule has 0 spiro atoms. The summed E-state index contributed by atoms with van der Waals surface area (Å²) in [6.07, 6.45) is 0.548. The lowest BCUT2D eigenvalue weighted by atomic mass is 10.1. The van der Waals surface area contributed by atoms with Gasteiger partial charge in [-0.1, -0.05) is 28.1 Å². The van der Waals surface area contributed by atoms with Gasteiger partial charge in [0.25, 0.3) is 0 Å². The number of nitrogens with zero attached hydrogens (tertiary/aromatic N) is 1.